The first kappa shape index (κ1) is 15.3. The van der Waals surface area contributed by atoms with Crippen LogP contribution in [0.5, 0.6) is 5.75 Å². The van der Waals surface area contributed by atoms with Crippen LogP contribution in [0, 0.1) is 0 Å². The Kier molecular flexibility index (Phi) is 3.68. The van der Waals surface area contributed by atoms with E-state index in [1.807, 2.05) is 43.3 Å². The number of benzene rings is 2. The lowest BCUT2D eigenvalue weighted by Crippen LogP contribution is -2.36. The van der Waals surface area contributed by atoms with Gasteiger partial charge in [0.25, 0.3) is 11.7 Å². The predicted molar refractivity (Wildman–Crippen MR) is 92.1 cm³/mol. The predicted octanol–water partition coefficient (Wildman–Crippen LogP) is 2.26. The van der Waals surface area contributed by atoms with Crippen LogP contribution >= 0.6 is 0 Å². The first-order valence-corrected chi connectivity index (χ1v) is 8.03. The van der Waals surface area contributed by atoms with Crippen LogP contribution in [0.4, 0.5) is 5.69 Å². The quantitative estimate of drug-likeness (QED) is 0.734. The average Bonchev–Trinajstić information content (AvgIpc) is 3.25. The molecular formula is C18H17N5O2. The van der Waals surface area contributed by atoms with E-state index in [0.717, 1.165) is 23.4 Å². The number of carbonyl (C=O) groups is 1. The summed E-state index contributed by atoms with van der Waals surface area (Å²) in [5.74, 6) is 0.583. The standard InChI is InChI=1S/C18H17N5O2/c1-12-11-13-5-3-4-6-16(13)22(12)18(24)17-19-21-23(20-17)14-7-9-15(25-2)10-8-14/h3-10,12H,11H2,1-2H3. The van der Waals surface area contributed by atoms with Crippen LogP contribution in [0.2, 0.25) is 0 Å². The molecule has 0 saturated heterocycles. The minimum Gasteiger partial charge on any atom is -0.497 e. The second kappa shape index (κ2) is 6.01. The molecule has 4 rings (SSSR count). The maximum Gasteiger partial charge on any atom is 0.300 e. The van der Waals surface area contributed by atoms with Crippen molar-refractivity contribution in [1.82, 2.24) is 20.2 Å². The van der Waals surface area contributed by atoms with Crippen molar-refractivity contribution in [1.29, 1.82) is 0 Å². The topological polar surface area (TPSA) is 73.1 Å². The van der Waals surface area contributed by atoms with Gasteiger partial charge in [0.05, 0.1) is 12.8 Å². The Hall–Kier alpha value is -3.22. The van der Waals surface area contributed by atoms with Gasteiger partial charge in [-0.15, -0.1) is 15.0 Å². The molecule has 1 amide bonds. The Bertz CT molecular complexity index is 919. The summed E-state index contributed by atoms with van der Waals surface area (Å²) in [7, 11) is 1.61. The zero-order chi connectivity index (χ0) is 17.4. The number of hydrogen-bond donors (Lipinski definition) is 0. The van der Waals surface area contributed by atoms with Gasteiger partial charge in [-0.3, -0.25) is 4.79 Å². The largest absolute Gasteiger partial charge is 0.497 e. The maximum absolute atomic E-state index is 12.9. The number of amides is 1. The first-order chi connectivity index (χ1) is 12.2. The minimum atomic E-state index is -0.239. The van der Waals surface area contributed by atoms with Gasteiger partial charge in [-0.05, 0) is 54.5 Å². The molecule has 7 heteroatoms. The third-order valence-corrected chi connectivity index (χ3v) is 4.33. The molecule has 0 saturated carbocycles. The number of tetrazole rings is 1. The van der Waals surface area contributed by atoms with E-state index in [0.29, 0.717) is 5.69 Å². The van der Waals surface area contributed by atoms with Crippen LogP contribution in [0.25, 0.3) is 5.69 Å². The van der Waals surface area contributed by atoms with Crippen LogP contribution in [0.3, 0.4) is 0 Å². The normalized spacial score (nSPS) is 15.9. The minimum absolute atomic E-state index is 0.0674. The van der Waals surface area contributed by atoms with Crippen molar-refractivity contribution in [3.05, 3.63) is 59.9 Å². The van der Waals surface area contributed by atoms with E-state index in [2.05, 4.69) is 15.4 Å². The van der Waals surface area contributed by atoms with Crippen molar-refractivity contribution in [2.24, 2.45) is 0 Å². The smallest absolute Gasteiger partial charge is 0.300 e. The highest BCUT2D eigenvalue weighted by atomic mass is 16.5. The third-order valence-electron chi connectivity index (χ3n) is 4.33. The molecule has 0 aliphatic carbocycles. The summed E-state index contributed by atoms with van der Waals surface area (Å²) in [4.78, 5) is 16.0. The second-order valence-electron chi connectivity index (χ2n) is 5.96. The summed E-state index contributed by atoms with van der Waals surface area (Å²) in [6, 6.07) is 15.2. The zero-order valence-electron chi connectivity index (χ0n) is 14.0. The van der Waals surface area contributed by atoms with E-state index in [9.17, 15) is 4.79 Å². The molecule has 0 bridgehead atoms. The molecule has 3 aromatic rings. The number of fused-ring (bicyclic) bond motifs is 1. The molecule has 2 heterocycles. The molecule has 7 nitrogen and oxygen atoms in total. The molecule has 1 aromatic heterocycles. The van der Waals surface area contributed by atoms with Crippen LogP contribution < -0.4 is 9.64 Å². The Morgan fingerprint density at radius 3 is 2.68 bits per heavy atom. The van der Waals surface area contributed by atoms with Gasteiger partial charge >= 0.3 is 0 Å². The number of aromatic nitrogens is 4. The Balaban J connectivity index is 1.62. The number of ether oxygens (including phenoxy) is 1. The molecular weight excluding hydrogens is 318 g/mol. The van der Waals surface area contributed by atoms with Gasteiger partial charge < -0.3 is 9.64 Å². The molecule has 0 fully saturated rings. The van der Waals surface area contributed by atoms with Gasteiger partial charge in [-0.25, -0.2) is 0 Å². The van der Waals surface area contributed by atoms with E-state index in [4.69, 9.17) is 4.74 Å². The third kappa shape index (κ3) is 2.63. The number of anilines is 1. The summed E-state index contributed by atoms with van der Waals surface area (Å²) in [5, 5.41) is 12.2. The van der Waals surface area contributed by atoms with Crippen LogP contribution in [-0.4, -0.2) is 39.3 Å². The molecule has 2 aromatic carbocycles. The number of hydrogen-bond acceptors (Lipinski definition) is 5. The van der Waals surface area contributed by atoms with Crippen LogP contribution in [0.1, 0.15) is 23.1 Å². The summed E-state index contributed by atoms with van der Waals surface area (Å²) in [6.45, 7) is 2.02. The summed E-state index contributed by atoms with van der Waals surface area (Å²) < 4.78 is 5.13. The number of methoxy groups -OCH3 is 1. The lowest BCUT2D eigenvalue weighted by atomic mass is 10.1. The van der Waals surface area contributed by atoms with E-state index in [1.54, 1.807) is 24.1 Å². The van der Waals surface area contributed by atoms with Gasteiger partial charge in [0.2, 0.25) is 0 Å². The van der Waals surface area contributed by atoms with E-state index < -0.39 is 0 Å². The van der Waals surface area contributed by atoms with Gasteiger partial charge in [0, 0.05) is 11.7 Å². The van der Waals surface area contributed by atoms with Gasteiger partial charge in [0.15, 0.2) is 0 Å². The Morgan fingerprint density at radius 1 is 1.16 bits per heavy atom. The fourth-order valence-electron chi connectivity index (χ4n) is 3.11. The molecule has 25 heavy (non-hydrogen) atoms. The maximum atomic E-state index is 12.9. The van der Waals surface area contributed by atoms with E-state index in [1.165, 1.54) is 4.80 Å². The average molecular weight is 335 g/mol. The molecule has 1 unspecified atom stereocenters. The summed E-state index contributed by atoms with van der Waals surface area (Å²) in [5.41, 5.74) is 2.79. The molecule has 0 radical (unpaired) electrons. The van der Waals surface area contributed by atoms with Crippen molar-refractivity contribution < 1.29 is 9.53 Å². The molecule has 1 atom stereocenters. The van der Waals surface area contributed by atoms with Gasteiger partial charge in [0.1, 0.15) is 5.75 Å². The number of carbonyl (C=O) groups excluding carboxylic acids is 1. The molecule has 126 valence electrons. The summed E-state index contributed by atoms with van der Waals surface area (Å²) in [6.07, 6.45) is 0.828. The fourth-order valence-corrected chi connectivity index (χ4v) is 3.11. The van der Waals surface area contributed by atoms with Crippen molar-refractivity contribution in [3.8, 4) is 11.4 Å². The second-order valence-corrected chi connectivity index (χ2v) is 5.96. The van der Waals surface area contributed by atoms with E-state index >= 15 is 0 Å². The molecule has 0 spiro atoms. The number of nitrogens with zero attached hydrogens (tertiary/aromatic N) is 5. The van der Waals surface area contributed by atoms with Crippen molar-refractivity contribution in [3.63, 3.8) is 0 Å². The number of para-hydroxylation sites is 1. The van der Waals surface area contributed by atoms with Crippen LogP contribution in [-0.2, 0) is 6.42 Å². The number of rotatable bonds is 3. The molecule has 1 aliphatic rings. The molecule has 0 N–H and O–H groups in total. The first-order valence-electron chi connectivity index (χ1n) is 8.03. The lowest BCUT2D eigenvalue weighted by molar-refractivity contribution is 0.0971. The SMILES string of the molecule is COc1ccc(-n2nnc(C(=O)N3c4ccccc4CC3C)n2)cc1. The highest BCUT2D eigenvalue weighted by Gasteiger charge is 2.33. The van der Waals surface area contributed by atoms with Gasteiger partial charge in [-0.2, -0.15) is 0 Å². The van der Waals surface area contributed by atoms with Crippen LogP contribution in [0.15, 0.2) is 48.5 Å². The fraction of sp³-hybridized carbons (Fsp3) is 0.222. The Morgan fingerprint density at radius 2 is 1.92 bits per heavy atom. The van der Waals surface area contributed by atoms with Crippen molar-refractivity contribution in [2.45, 2.75) is 19.4 Å². The van der Waals surface area contributed by atoms with E-state index in [-0.39, 0.29) is 17.8 Å². The highest BCUT2D eigenvalue weighted by molar-refractivity contribution is 6.05. The monoisotopic (exact) mass is 335 g/mol. The van der Waals surface area contributed by atoms with Crippen molar-refractivity contribution in [2.75, 3.05) is 12.0 Å². The molecule has 1 aliphatic heterocycles. The van der Waals surface area contributed by atoms with Crippen molar-refractivity contribution >= 4 is 11.6 Å². The lowest BCUT2D eigenvalue weighted by Gasteiger charge is -2.20. The van der Waals surface area contributed by atoms with Gasteiger partial charge in [-0.1, -0.05) is 18.2 Å². The summed E-state index contributed by atoms with van der Waals surface area (Å²) >= 11 is 0. The highest BCUT2D eigenvalue weighted by Crippen LogP contribution is 2.32. The Labute approximate surface area is 144 Å². The zero-order valence-corrected chi connectivity index (χ0v) is 14.0.